The van der Waals surface area contributed by atoms with Crippen LogP contribution in [0, 0.1) is 12.3 Å². The van der Waals surface area contributed by atoms with Gasteiger partial charge in [-0.05, 0) is 0 Å². The van der Waals surface area contributed by atoms with Crippen LogP contribution in [0.1, 0.15) is 27.7 Å². The minimum absolute atomic E-state index is 0.00545. The van der Waals surface area contributed by atoms with Crippen molar-refractivity contribution in [1.29, 1.82) is 0 Å². The van der Waals surface area contributed by atoms with Crippen molar-refractivity contribution >= 4 is 23.9 Å². The zero-order valence-electron chi connectivity index (χ0n) is 22.8. The molecular weight excluding hydrogens is 524 g/mol. The Morgan fingerprint density at radius 2 is 1.10 bits per heavy atom. The number of carbonyl (C=O) groups excluding carboxylic acids is 4. The Morgan fingerprint density at radius 3 is 1.59 bits per heavy atom. The van der Waals surface area contributed by atoms with Gasteiger partial charge in [0.15, 0.2) is 24.6 Å². The highest BCUT2D eigenvalue weighted by Crippen LogP contribution is 2.29. The maximum absolute atomic E-state index is 11.8. The highest BCUT2D eigenvalue weighted by atomic mass is 16.7. The molecular formula is C25H38O14. The summed E-state index contributed by atoms with van der Waals surface area (Å²) < 4.78 is 53.8. The second kappa shape index (κ2) is 20.2. The van der Waals surface area contributed by atoms with Gasteiger partial charge in [0.1, 0.15) is 19.3 Å². The van der Waals surface area contributed by atoms with Crippen LogP contribution in [0.4, 0.5) is 0 Å². The summed E-state index contributed by atoms with van der Waals surface area (Å²) >= 11 is 0. The summed E-state index contributed by atoms with van der Waals surface area (Å²) in [6, 6.07) is 0. The summed E-state index contributed by atoms with van der Waals surface area (Å²) in [5.41, 5.74) is 0. The van der Waals surface area contributed by atoms with Crippen LogP contribution in [0.15, 0.2) is 0 Å². The van der Waals surface area contributed by atoms with Gasteiger partial charge >= 0.3 is 23.9 Å². The fourth-order valence-corrected chi connectivity index (χ4v) is 3.34. The molecule has 0 bridgehead atoms. The maximum atomic E-state index is 11.8. The van der Waals surface area contributed by atoms with Gasteiger partial charge in [0.25, 0.3) is 0 Å². The van der Waals surface area contributed by atoms with Gasteiger partial charge in [-0.3, -0.25) is 19.2 Å². The summed E-state index contributed by atoms with van der Waals surface area (Å²) in [7, 11) is 0. The van der Waals surface area contributed by atoms with Gasteiger partial charge in [-0.2, -0.15) is 0 Å². The first-order chi connectivity index (χ1) is 18.6. The molecule has 222 valence electrons. The molecule has 1 saturated heterocycles. The number of carbonyl (C=O) groups is 4. The quantitative estimate of drug-likeness (QED) is 0.0880. The first kappa shape index (κ1) is 34.2. The molecule has 1 rings (SSSR count). The molecule has 0 saturated carbocycles. The van der Waals surface area contributed by atoms with Crippen LogP contribution in [0.25, 0.3) is 0 Å². The topological polar surface area (TPSA) is 161 Å². The van der Waals surface area contributed by atoms with Crippen LogP contribution in [0.2, 0.25) is 0 Å². The van der Waals surface area contributed by atoms with E-state index in [9.17, 15) is 19.2 Å². The first-order valence-corrected chi connectivity index (χ1v) is 12.3. The molecule has 14 nitrogen and oxygen atoms in total. The summed E-state index contributed by atoms with van der Waals surface area (Å²) in [4.78, 5) is 46.7. The van der Waals surface area contributed by atoms with E-state index in [1.165, 1.54) is 6.92 Å². The summed E-state index contributed by atoms with van der Waals surface area (Å²) in [5, 5.41) is 0. The molecule has 0 unspecified atom stereocenters. The fraction of sp³-hybridized carbons (Fsp3) is 0.760. The van der Waals surface area contributed by atoms with Crippen molar-refractivity contribution in [2.24, 2.45) is 0 Å². The molecule has 1 aliphatic heterocycles. The van der Waals surface area contributed by atoms with Gasteiger partial charge in [0.05, 0.1) is 52.9 Å². The Morgan fingerprint density at radius 1 is 0.641 bits per heavy atom. The van der Waals surface area contributed by atoms with Crippen LogP contribution in [-0.4, -0.2) is 121 Å². The third-order valence-electron chi connectivity index (χ3n) is 4.76. The van der Waals surface area contributed by atoms with E-state index in [1.54, 1.807) is 0 Å². The van der Waals surface area contributed by atoms with Crippen molar-refractivity contribution in [3.05, 3.63) is 0 Å². The molecule has 0 spiro atoms. The molecule has 0 aromatic heterocycles. The molecule has 0 aromatic carbocycles. The third-order valence-corrected chi connectivity index (χ3v) is 4.76. The van der Waals surface area contributed by atoms with Crippen molar-refractivity contribution in [2.45, 2.75) is 58.4 Å². The molecule has 1 heterocycles. The molecule has 1 fully saturated rings. The number of rotatable bonds is 19. The zero-order chi connectivity index (χ0) is 29.0. The van der Waals surface area contributed by atoms with Crippen molar-refractivity contribution in [1.82, 2.24) is 0 Å². The van der Waals surface area contributed by atoms with E-state index in [0.717, 1.165) is 20.8 Å². The van der Waals surface area contributed by atoms with Crippen molar-refractivity contribution in [3.63, 3.8) is 0 Å². The first-order valence-electron chi connectivity index (χ1n) is 12.3. The average Bonchev–Trinajstić information content (AvgIpc) is 2.85. The van der Waals surface area contributed by atoms with Gasteiger partial charge in [0.2, 0.25) is 0 Å². The second-order valence-corrected chi connectivity index (χ2v) is 8.03. The lowest BCUT2D eigenvalue weighted by atomic mass is 9.98. The molecule has 0 amide bonds. The van der Waals surface area contributed by atoms with E-state index in [4.69, 9.17) is 53.8 Å². The minimum atomic E-state index is -1.30. The van der Waals surface area contributed by atoms with Gasteiger partial charge in [-0.25, -0.2) is 0 Å². The molecule has 0 aromatic rings. The predicted molar refractivity (Wildman–Crippen MR) is 130 cm³/mol. The number of hydrogen-bond donors (Lipinski definition) is 0. The minimum Gasteiger partial charge on any atom is -0.463 e. The second-order valence-electron chi connectivity index (χ2n) is 8.03. The van der Waals surface area contributed by atoms with Gasteiger partial charge in [0, 0.05) is 27.7 Å². The highest BCUT2D eigenvalue weighted by Gasteiger charge is 2.52. The van der Waals surface area contributed by atoms with Gasteiger partial charge in [-0.1, -0.05) is 5.92 Å². The smallest absolute Gasteiger partial charge is 0.303 e. The van der Waals surface area contributed by atoms with Crippen LogP contribution in [-0.2, 0) is 66.5 Å². The largest absolute Gasteiger partial charge is 0.463 e. The van der Waals surface area contributed by atoms with Crippen LogP contribution >= 0.6 is 0 Å². The number of ether oxygens (including phenoxy) is 10. The number of terminal acetylenes is 1. The summed E-state index contributed by atoms with van der Waals surface area (Å²) in [5.74, 6) is -0.413. The monoisotopic (exact) mass is 562 g/mol. The lowest BCUT2D eigenvalue weighted by Crippen LogP contribution is -2.63. The number of hydrogen-bond acceptors (Lipinski definition) is 14. The highest BCUT2D eigenvalue weighted by molar-refractivity contribution is 5.68. The lowest BCUT2D eigenvalue weighted by molar-refractivity contribution is -0.309. The van der Waals surface area contributed by atoms with Crippen molar-refractivity contribution in [2.75, 3.05) is 66.1 Å². The zero-order valence-corrected chi connectivity index (χ0v) is 22.8. The van der Waals surface area contributed by atoms with E-state index in [1.807, 2.05) is 0 Å². The maximum Gasteiger partial charge on any atom is 0.303 e. The van der Waals surface area contributed by atoms with E-state index < -0.39 is 54.6 Å². The molecule has 1 aliphatic rings. The van der Waals surface area contributed by atoms with Gasteiger partial charge < -0.3 is 47.4 Å². The molecule has 39 heavy (non-hydrogen) atoms. The molecule has 14 heteroatoms. The Bertz CT molecular complexity index is 794. The van der Waals surface area contributed by atoms with Crippen molar-refractivity contribution in [3.8, 4) is 12.3 Å². The van der Waals surface area contributed by atoms with E-state index in [-0.39, 0.29) is 33.0 Å². The SMILES string of the molecule is C#CCOCCOCCOCCOCCO[C@H]1O[C@H](COC(C)=O)[C@@H](OC(C)=O)[C@H](OC(C)=O)[C@@H]1OC(C)=O. The van der Waals surface area contributed by atoms with Gasteiger partial charge in [-0.15, -0.1) is 6.42 Å². The predicted octanol–water partition coefficient (Wildman–Crippen LogP) is -0.214. The standard InChI is InChI=1S/C25H38O14/c1-6-7-30-8-9-31-10-11-32-12-13-33-14-15-34-25-24(38-20(5)29)23(37-19(4)28)22(36-18(3)27)21(39-25)16-35-17(2)26/h1,21-25H,7-16H2,2-5H3/t21-,22-,23+,24+,25+/m1/s1. The molecule has 0 aliphatic carbocycles. The molecule has 5 atom stereocenters. The van der Waals surface area contributed by atoms with Crippen molar-refractivity contribution < 1.29 is 66.5 Å². The summed E-state index contributed by atoms with van der Waals surface area (Å²) in [6.45, 7) is 6.82. The third kappa shape index (κ3) is 15.4. The Hall–Kier alpha value is -2.80. The van der Waals surface area contributed by atoms with Crippen LogP contribution in [0.3, 0.4) is 0 Å². The van der Waals surface area contributed by atoms with E-state index in [2.05, 4.69) is 5.92 Å². The Labute approximate surface area is 227 Å². The molecule has 0 N–H and O–H groups in total. The fourth-order valence-electron chi connectivity index (χ4n) is 3.34. The Balaban J connectivity index is 2.61. The molecule has 0 radical (unpaired) electrons. The normalized spacial score (nSPS) is 22.4. The van der Waals surface area contributed by atoms with Crippen LogP contribution < -0.4 is 0 Å². The average molecular weight is 563 g/mol. The van der Waals surface area contributed by atoms with E-state index in [0.29, 0.717) is 33.0 Å². The van der Waals surface area contributed by atoms with Crippen LogP contribution in [0.5, 0.6) is 0 Å². The van der Waals surface area contributed by atoms with E-state index >= 15 is 0 Å². The Kier molecular flexibility index (Phi) is 17.7. The number of esters is 4. The summed E-state index contributed by atoms with van der Waals surface area (Å²) in [6.07, 6.45) is -1.10. The lowest BCUT2D eigenvalue weighted by Gasteiger charge is -2.44.